The Morgan fingerprint density at radius 2 is 1.89 bits per heavy atom. The van der Waals surface area contributed by atoms with Crippen LogP contribution in [-0.4, -0.2) is 33.8 Å². The number of aromatic nitrogens is 2. The summed E-state index contributed by atoms with van der Waals surface area (Å²) in [5.74, 6) is -0.00869. The third-order valence-electron chi connectivity index (χ3n) is 4.09. The van der Waals surface area contributed by atoms with Gasteiger partial charge in [0.25, 0.3) is 5.22 Å². The van der Waals surface area contributed by atoms with Gasteiger partial charge in [0.1, 0.15) is 6.54 Å². The van der Waals surface area contributed by atoms with Crippen molar-refractivity contribution in [3.63, 3.8) is 0 Å². The molecule has 0 bridgehead atoms. The van der Waals surface area contributed by atoms with Crippen LogP contribution in [0.5, 0.6) is 0 Å². The molecule has 1 aliphatic heterocycles. The molecule has 0 saturated heterocycles. The Morgan fingerprint density at radius 3 is 2.70 bits per heavy atom. The van der Waals surface area contributed by atoms with Crippen LogP contribution in [0.25, 0.3) is 11.5 Å². The van der Waals surface area contributed by atoms with Crippen LogP contribution in [-0.2, 0) is 9.59 Å². The summed E-state index contributed by atoms with van der Waals surface area (Å²) < 4.78 is 5.66. The number of nitrogens with zero attached hydrogens (tertiary/aromatic N) is 3. The minimum Gasteiger partial charge on any atom is -0.411 e. The Kier molecular flexibility index (Phi) is 4.64. The van der Waals surface area contributed by atoms with Gasteiger partial charge in [0.05, 0.1) is 16.6 Å². The Morgan fingerprint density at radius 1 is 1.15 bits per heavy atom. The molecular weight excluding hydrogens is 364 g/mol. The zero-order valence-electron chi connectivity index (χ0n) is 14.5. The molecular formula is C19H16N4O3S. The Balaban J connectivity index is 1.51. The fourth-order valence-corrected chi connectivity index (χ4v) is 3.55. The number of hydrogen-bond donors (Lipinski definition) is 1. The van der Waals surface area contributed by atoms with E-state index in [0.717, 1.165) is 5.56 Å². The molecule has 136 valence electrons. The van der Waals surface area contributed by atoms with Gasteiger partial charge in [-0.2, -0.15) is 0 Å². The second-order valence-electron chi connectivity index (χ2n) is 5.99. The molecule has 2 heterocycles. The number of carbonyl (C=O) groups excluding carboxylic acids is 2. The van der Waals surface area contributed by atoms with Crippen LogP contribution in [0.1, 0.15) is 6.92 Å². The minimum atomic E-state index is -0.493. The Bertz CT molecular complexity index is 989. The number of nitrogens with one attached hydrogen (secondary N) is 1. The summed E-state index contributed by atoms with van der Waals surface area (Å²) in [6, 6.07) is 16.7. The quantitative estimate of drug-likeness (QED) is 0.699. The third-order valence-corrected chi connectivity index (χ3v) is 5.01. The molecule has 0 saturated carbocycles. The van der Waals surface area contributed by atoms with E-state index in [1.54, 1.807) is 13.0 Å². The normalized spacial score (nSPS) is 14.4. The fourth-order valence-electron chi connectivity index (χ4n) is 2.81. The molecule has 27 heavy (non-hydrogen) atoms. The van der Waals surface area contributed by atoms with Gasteiger partial charge in [0, 0.05) is 5.56 Å². The first-order valence-electron chi connectivity index (χ1n) is 8.37. The van der Waals surface area contributed by atoms with E-state index in [1.807, 2.05) is 48.5 Å². The molecule has 4 rings (SSSR count). The van der Waals surface area contributed by atoms with E-state index >= 15 is 0 Å². The van der Waals surface area contributed by atoms with Crippen LogP contribution < -0.4 is 10.2 Å². The van der Waals surface area contributed by atoms with Gasteiger partial charge >= 0.3 is 0 Å². The summed E-state index contributed by atoms with van der Waals surface area (Å²) >= 11 is 1.17. The molecule has 0 radical (unpaired) electrons. The van der Waals surface area contributed by atoms with Crippen LogP contribution in [0.3, 0.4) is 0 Å². The van der Waals surface area contributed by atoms with Crippen molar-refractivity contribution in [3.8, 4) is 11.5 Å². The Labute approximate surface area is 159 Å². The van der Waals surface area contributed by atoms with Crippen LogP contribution in [0.4, 0.5) is 11.4 Å². The number of hydrogen-bond acceptors (Lipinski definition) is 6. The number of anilines is 2. The predicted molar refractivity (Wildman–Crippen MR) is 102 cm³/mol. The van der Waals surface area contributed by atoms with Gasteiger partial charge in [0.15, 0.2) is 0 Å². The van der Waals surface area contributed by atoms with Crippen molar-refractivity contribution in [2.45, 2.75) is 17.4 Å². The number of thioether (sulfide) groups is 1. The number of benzene rings is 2. The van der Waals surface area contributed by atoms with E-state index in [4.69, 9.17) is 4.42 Å². The van der Waals surface area contributed by atoms with Gasteiger partial charge < -0.3 is 9.73 Å². The summed E-state index contributed by atoms with van der Waals surface area (Å²) in [4.78, 5) is 26.3. The number of carbonyl (C=O) groups is 2. The monoisotopic (exact) mass is 380 g/mol. The van der Waals surface area contributed by atoms with Crippen LogP contribution >= 0.6 is 11.8 Å². The lowest BCUT2D eigenvalue weighted by Crippen LogP contribution is -2.45. The van der Waals surface area contributed by atoms with Crippen molar-refractivity contribution in [2.24, 2.45) is 0 Å². The summed E-state index contributed by atoms with van der Waals surface area (Å²) in [6.07, 6.45) is 0. The zero-order chi connectivity index (χ0) is 18.8. The maximum atomic E-state index is 12.9. The summed E-state index contributed by atoms with van der Waals surface area (Å²) in [7, 11) is 0. The van der Waals surface area contributed by atoms with Gasteiger partial charge in [-0.05, 0) is 31.2 Å². The first kappa shape index (κ1) is 17.3. The van der Waals surface area contributed by atoms with E-state index in [0.29, 0.717) is 22.5 Å². The highest BCUT2D eigenvalue weighted by Crippen LogP contribution is 2.32. The van der Waals surface area contributed by atoms with E-state index in [9.17, 15) is 9.59 Å². The lowest BCUT2D eigenvalue weighted by atomic mass is 10.2. The van der Waals surface area contributed by atoms with Gasteiger partial charge in [0.2, 0.25) is 17.7 Å². The molecule has 1 aromatic heterocycles. The zero-order valence-corrected chi connectivity index (χ0v) is 15.3. The molecule has 8 heteroatoms. The fraction of sp³-hybridized carbons (Fsp3) is 0.158. The molecule has 0 spiro atoms. The molecule has 3 aromatic rings. The molecule has 1 atom stereocenters. The molecule has 0 aliphatic carbocycles. The summed E-state index contributed by atoms with van der Waals surface area (Å²) in [6.45, 7) is 1.74. The molecule has 1 aliphatic rings. The van der Waals surface area contributed by atoms with E-state index in [1.165, 1.54) is 16.7 Å². The highest BCUT2D eigenvalue weighted by Gasteiger charge is 2.30. The third kappa shape index (κ3) is 3.56. The number of fused-ring (bicyclic) bond motifs is 1. The average Bonchev–Trinajstić information content (AvgIpc) is 3.16. The second kappa shape index (κ2) is 7.24. The number of para-hydroxylation sites is 2. The van der Waals surface area contributed by atoms with Crippen molar-refractivity contribution in [3.05, 3.63) is 54.6 Å². The van der Waals surface area contributed by atoms with Gasteiger partial charge in [-0.3, -0.25) is 14.5 Å². The SMILES string of the molecule is C[C@@H](Sc1nnc(-c2ccccc2)o1)C(=O)N1CC(=O)Nc2ccccc21. The second-order valence-corrected chi connectivity index (χ2v) is 7.28. The first-order valence-corrected chi connectivity index (χ1v) is 9.25. The molecule has 7 nitrogen and oxygen atoms in total. The van der Waals surface area contributed by atoms with Gasteiger partial charge in [-0.15, -0.1) is 10.2 Å². The van der Waals surface area contributed by atoms with Gasteiger partial charge in [-0.25, -0.2) is 0 Å². The van der Waals surface area contributed by atoms with Gasteiger partial charge in [-0.1, -0.05) is 42.1 Å². The van der Waals surface area contributed by atoms with Crippen molar-refractivity contribution in [1.82, 2.24) is 10.2 Å². The topological polar surface area (TPSA) is 88.3 Å². The number of rotatable bonds is 4. The van der Waals surface area contributed by atoms with E-state index in [2.05, 4.69) is 15.5 Å². The molecule has 2 aromatic carbocycles. The van der Waals surface area contributed by atoms with E-state index < -0.39 is 5.25 Å². The van der Waals surface area contributed by atoms with Crippen molar-refractivity contribution in [1.29, 1.82) is 0 Å². The van der Waals surface area contributed by atoms with Crippen LogP contribution in [0.15, 0.2) is 64.2 Å². The summed E-state index contributed by atoms with van der Waals surface area (Å²) in [5, 5.41) is 10.6. The highest BCUT2D eigenvalue weighted by atomic mass is 32.2. The summed E-state index contributed by atoms with van der Waals surface area (Å²) in [5.41, 5.74) is 2.13. The molecule has 0 unspecified atom stereocenters. The number of amides is 2. The highest BCUT2D eigenvalue weighted by molar-refractivity contribution is 8.00. The molecule has 1 N–H and O–H groups in total. The smallest absolute Gasteiger partial charge is 0.277 e. The van der Waals surface area contributed by atoms with Crippen molar-refractivity contribution < 1.29 is 14.0 Å². The maximum absolute atomic E-state index is 12.9. The average molecular weight is 380 g/mol. The first-order chi connectivity index (χ1) is 13.1. The lowest BCUT2D eigenvalue weighted by Gasteiger charge is -2.30. The van der Waals surface area contributed by atoms with Crippen LogP contribution in [0.2, 0.25) is 0 Å². The lowest BCUT2D eigenvalue weighted by molar-refractivity contribution is -0.121. The minimum absolute atomic E-state index is 0.0140. The molecule has 0 fully saturated rings. The Hall–Kier alpha value is -3.13. The van der Waals surface area contributed by atoms with Crippen LogP contribution in [0, 0.1) is 0 Å². The standard InChI is InChI=1S/C19H16N4O3S/c1-12(27-19-22-21-17(26-19)13-7-3-2-4-8-13)18(25)23-11-16(24)20-14-9-5-6-10-15(14)23/h2-10,12H,11H2,1H3,(H,20,24)/t12-/m1/s1. The largest absolute Gasteiger partial charge is 0.411 e. The maximum Gasteiger partial charge on any atom is 0.277 e. The molecule has 2 amide bonds. The van der Waals surface area contributed by atoms with Crippen molar-refractivity contribution in [2.75, 3.05) is 16.8 Å². The van der Waals surface area contributed by atoms with E-state index in [-0.39, 0.29) is 18.4 Å². The van der Waals surface area contributed by atoms with Crippen molar-refractivity contribution >= 4 is 35.0 Å². The predicted octanol–water partition coefficient (Wildman–Crippen LogP) is 3.20.